The molecule has 1 aromatic heterocycles. The van der Waals surface area contributed by atoms with Gasteiger partial charge in [-0.15, -0.1) is 10.2 Å². The molecule has 0 bridgehead atoms. The summed E-state index contributed by atoms with van der Waals surface area (Å²) in [5.41, 5.74) is 3.62. The SMILES string of the molecule is Cc1cc2nn(-c3ccc(Cl)cc3)nc2cc1NC(=O)COc1ccc(Cl)cc1Cl. The quantitative estimate of drug-likeness (QED) is 0.413. The minimum atomic E-state index is -0.325. The van der Waals surface area contributed by atoms with Crippen molar-refractivity contribution in [2.24, 2.45) is 0 Å². The van der Waals surface area contributed by atoms with E-state index in [1.807, 2.05) is 25.1 Å². The van der Waals surface area contributed by atoms with E-state index in [0.29, 0.717) is 37.5 Å². The third kappa shape index (κ3) is 4.51. The van der Waals surface area contributed by atoms with Gasteiger partial charge in [-0.05, 0) is 67.1 Å². The number of nitrogens with one attached hydrogen (secondary N) is 1. The van der Waals surface area contributed by atoms with E-state index in [4.69, 9.17) is 39.5 Å². The molecule has 6 nitrogen and oxygen atoms in total. The molecule has 0 fully saturated rings. The largest absolute Gasteiger partial charge is 0.482 e. The monoisotopic (exact) mass is 460 g/mol. The highest BCUT2D eigenvalue weighted by Gasteiger charge is 2.12. The van der Waals surface area contributed by atoms with Crippen LogP contribution in [0.4, 0.5) is 5.69 Å². The first-order chi connectivity index (χ1) is 14.4. The van der Waals surface area contributed by atoms with Crippen molar-refractivity contribution in [2.75, 3.05) is 11.9 Å². The van der Waals surface area contributed by atoms with Crippen LogP contribution in [0.15, 0.2) is 54.6 Å². The van der Waals surface area contributed by atoms with Gasteiger partial charge in [0.05, 0.1) is 10.7 Å². The summed E-state index contributed by atoms with van der Waals surface area (Å²) < 4.78 is 5.48. The van der Waals surface area contributed by atoms with Crippen LogP contribution in [0, 0.1) is 6.92 Å². The van der Waals surface area contributed by atoms with Crippen LogP contribution in [0.5, 0.6) is 5.75 Å². The Morgan fingerprint density at radius 3 is 2.33 bits per heavy atom. The van der Waals surface area contributed by atoms with Gasteiger partial charge >= 0.3 is 0 Å². The van der Waals surface area contributed by atoms with Crippen molar-refractivity contribution in [3.8, 4) is 11.4 Å². The van der Waals surface area contributed by atoms with E-state index in [2.05, 4.69) is 15.5 Å². The summed E-state index contributed by atoms with van der Waals surface area (Å²) in [5, 5.41) is 13.3. The molecule has 4 rings (SSSR count). The topological polar surface area (TPSA) is 69.0 Å². The first-order valence-electron chi connectivity index (χ1n) is 8.90. The Hall–Kier alpha value is -2.80. The first-order valence-corrected chi connectivity index (χ1v) is 10.0. The summed E-state index contributed by atoms with van der Waals surface area (Å²) in [6.45, 7) is 1.68. The fraction of sp³-hybridized carbons (Fsp3) is 0.0952. The van der Waals surface area contributed by atoms with Crippen molar-refractivity contribution in [3.05, 3.63) is 75.2 Å². The molecular formula is C21H15Cl3N4O2. The number of fused-ring (bicyclic) bond motifs is 1. The summed E-state index contributed by atoms with van der Waals surface area (Å²) in [6, 6.07) is 15.7. The summed E-state index contributed by atoms with van der Waals surface area (Å²) in [7, 11) is 0. The number of hydrogen-bond donors (Lipinski definition) is 1. The van der Waals surface area contributed by atoms with E-state index in [0.717, 1.165) is 11.3 Å². The van der Waals surface area contributed by atoms with E-state index in [-0.39, 0.29) is 12.5 Å². The summed E-state index contributed by atoms with van der Waals surface area (Å²) in [4.78, 5) is 13.9. The van der Waals surface area contributed by atoms with Crippen LogP contribution in [0.25, 0.3) is 16.7 Å². The number of amides is 1. The zero-order valence-electron chi connectivity index (χ0n) is 15.7. The van der Waals surface area contributed by atoms with Gasteiger partial charge in [0.25, 0.3) is 5.91 Å². The predicted octanol–water partition coefficient (Wildman–Crippen LogP) is 5.71. The smallest absolute Gasteiger partial charge is 0.262 e. The standard InChI is InChI=1S/C21H15Cl3N4O2/c1-12-8-18-19(27-28(26-18)15-5-2-13(22)3-6-15)10-17(12)25-21(29)11-30-20-7-4-14(23)9-16(20)24/h2-10H,11H2,1H3,(H,25,29). The summed E-state index contributed by atoms with van der Waals surface area (Å²) >= 11 is 17.9. The second-order valence-corrected chi connectivity index (χ2v) is 7.81. The second-order valence-electron chi connectivity index (χ2n) is 6.53. The number of anilines is 1. The Morgan fingerprint density at radius 1 is 0.967 bits per heavy atom. The lowest BCUT2D eigenvalue weighted by Gasteiger charge is -2.10. The Bertz CT molecular complexity index is 1240. The Morgan fingerprint density at radius 2 is 1.63 bits per heavy atom. The number of rotatable bonds is 5. The number of carbonyl (C=O) groups is 1. The molecule has 0 unspecified atom stereocenters. The highest BCUT2D eigenvalue weighted by Crippen LogP contribution is 2.27. The van der Waals surface area contributed by atoms with E-state index in [1.165, 1.54) is 4.80 Å². The molecule has 9 heteroatoms. The normalized spacial score (nSPS) is 10.9. The van der Waals surface area contributed by atoms with Gasteiger partial charge in [0.2, 0.25) is 0 Å². The van der Waals surface area contributed by atoms with Gasteiger partial charge in [0.1, 0.15) is 16.8 Å². The van der Waals surface area contributed by atoms with E-state index >= 15 is 0 Å². The molecule has 0 atom stereocenters. The first kappa shape index (κ1) is 20.5. The molecule has 30 heavy (non-hydrogen) atoms. The lowest BCUT2D eigenvalue weighted by atomic mass is 10.1. The molecule has 0 saturated heterocycles. The van der Waals surface area contributed by atoms with E-state index < -0.39 is 0 Å². The Kier molecular flexibility index (Phi) is 5.81. The average Bonchev–Trinajstić information content (AvgIpc) is 3.10. The lowest BCUT2D eigenvalue weighted by Crippen LogP contribution is -2.20. The van der Waals surface area contributed by atoms with Crippen LogP contribution in [-0.4, -0.2) is 27.5 Å². The average molecular weight is 462 g/mol. The summed E-state index contributed by atoms with van der Waals surface area (Å²) in [5.74, 6) is 0.0582. The van der Waals surface area contributed by atoms with Crippen LogP contribution in [-0.2, 0) is 4.79 Å². The highest BCUT2D eigenvalue weighted by atomic mass is 35.5. The molecule has 152 valence electrons. The van der Waals surface area contributed by atoms with Gasteiger partial charge < -0.3 is 10.1 Å². The minimum Gasteiger partial charge on any atom is -0.482 e. The molecule has 1 N–H and O–H groups in total. The number of benzene rings is 3. The number of nitrogens with zero attached hydrogens (tertiary/aromatic N) is 3. The van der Waals surface area contributed by atoms with Gasteiger partial charge in [-0.1, -0.05) is 34.8 Å². The van der Waals surface area contributed by atoms with Crippen LogP contribution in [0.1, 0.15) is 5.56 Å². The van der Waals surface area contributed by atoms with Crippen LogP contribution < -0.4 is 10.1 Å². The maximum Gasteiger partial charge on any atom is 0.262 e. The van der Waals surface area contributed by atoms with Crippen molar-refractivity contribution in [3.63, 3.8) is 0 Å². The second kappa shape index (κ2) is 8.52. The van der Waals surface area contributed by atoms with E-state index in [9.17, 15) is 4.79 Å². The number of aryl methyl sites for hydroxylation is 1. The molecule has 0 radical (unpaired) electrons. The van der Waals surface area contributed by atoms with Crippen LogP contribution in [0.3, 0.4) is 0 Å². The van der Waals surface area contributed by atoms with Gasteiger partial charge in [0, 0.05) is 15.7 Å². The number of halogens is 3. The lowest BCUT2D eigenvalue weighted by molar-refractivity contribution is -0.118. The number of hydrogen-bond acceptors (Lipinski definition) is 4. The Balaban J connectivity index is 1.50. The molecule has 0 spiro atoms. The van der Waals surface area contributed by atoms with Crippen molar-refractivity contribution >= 4 is 57.4 Å². The zero-order chi connectivity index (χ0) is 21.3. The highest BCUT2D eigenvalue weighted by molar-refractivity contribution is 6.35. The molecule has 3 aromatic carbocycles. The van der Waals surface area contributed by atoms with Crippen LogP contribution in [0.2, 0.25) is 15.1 Å². The molecule has 1 amide bonds. The molecule has 0 aliphatic heterocycles. The van der Waals surface area contributed by atoms with Crippen molar-refractivity contribution in [1.82, 2.24) is 15.0 Å². The minimum absolute atomic E-state index is 0.198. The van der Waals surface area contributed by atoms with Gasteiger partial charge in [-0.2, -0.15) is 4.80 Å². The molecule has 0 aliphatic rings. The van der Waals surface area contributed by atoms with Crippen molar-refractivity contribution in [2.45, 2.75) is 6.92 Å². The number of aromatic nitrogens is 3. The molecular weight excluding hydrogens is 447 g/mol. The summed E-state index contributed by atoms with van der Waals surface area (Å²) in [6.07, 6.45) is 0. The molecule has 4 aromatic rings. The number of ether oxygens (including phenoxy) is 1. The Labute approximate surface area is 187 Å². The van der Waals surface area contributed by atoms with Gasteiger partial charge in [-0.3, -0.25) is 4.79 Å². The maximum absolute atomic E-state index is 12.4. The third-order valence-electron chi connectivity index (χ3n) is 4.31. The zero-order valence-corrected chi connectivity index (χ0v) is 18.0. The van der Waals surface area contributed by atoms with Gasteiger partial charge in [0.15, 0.2) is 6.61 Å². The predicted molar refractivity (Wildman–Crippen MR) is 119 cm³/mol. The fourth-order valence-corrected chi connectivity index (χ4v) is 3.40. The number of carbonyl (C=O) groups excluding carboxylic acids is 1. The fourth-order valence-electron chi connectivity index (χ4n) is 2.81. The molecule has 0 aliphatic carbocycles. The molecule has 1 heterocycles. The van der Waals surface area contributed by atoms with E-state index in [1.54, 1.807) is 36.4 Å². The maximum atomic E-state index is 12.4. The van der Waals surface area contributed by atoms with Crippen molar-refractivity contribution < 1.29 is 9.53 Å². The molecule has 0 saturated carbocycles. The van der Waals surface area contributed by atoms with Gasteiger partial charge in [-0.25, -0.2) is 0 Å². The van der Waals surface area contributed by atoms with Crippen LogP contribution >= 0.6 is 34.8 Å². The van der Waals surface area contributed by atoms with Crippen molar-refractivity contribution in [1.29, 1.82) is 0 Å². The third-order valence-corrected chi connectivity index (χ3v) is 5.09.